The first-order valence-electron chi connectivity index (χ1n) is 13.3. The predicted octanol–water partition coefficient (Wildman–Crippen LogP) is 6.22. The van der Waals surface area contributed by atoms with E-state index in [9.17, 15) is 4.79 Å². The summed E-state index contributed by atoms with van der Waals surface area (Å²) in [6.07, 6.45) is 11.2. The summed E-state index contributed by atoms with van der Waals surface area (Å²) in [5, 5.41) is 0. The van der Waals surface area contributed by atoms with Crippen LogP contribution in [0.15, 0.2) is 35.9 Å². The van der Waals surface area contributed by atoms with Gasteiger partial charge in [0.05, 0.1) is 19.8 Å². The number of methoxy groups -OCH3 is 1. The van der Waals surface area contributed by atoms with Gasteiger partial charge in [-0.05, 0) is 92.7 Å². The molecule has 186 valence electrons. The van der Waals surface area contributed by atoms with Crippen molar-refractivity contribution < 1.29 is 14.3 Å². The molecule has 1 aromatic rings. The van der Waals surface area contributed by atoms with Gasteiger partial charge in [-0.1, -0.05) is 44.6 Å². The Morgan fingerprint density at radius 2 is 1.76 bits per heavy atom. The molecule has 0 aromatic heterocycles. The smallest absolute Gasteiger partial charge is 0.133 e. The maximum Gasteiger partial charge on any atom is 0.133 e. The molecule has 0 unspecified atom stereocenters. The molecule has 4 aliphatic carbocycles. The topological polar surface area (TPSA) is 61.5 Å². The van der Waals surface area contributed by atoms with Crippen LogP contribution in [0, 0.1) is 28.1 Å². The van der Waals surface area contributed by atoms with Crippen molar-refractivity contribution in [3.63, 3.8) is 0 Å². The van der Waals surface area contributed by atoms with Crippen molar-refractivity contribution in [3.8, 4) is 5.75 Å². The zero-order valence-electron chi connectivity index (χ0n) is 21.8. The highest BCUT2D eigenvalue weighted by Gasteiger charge is 2.69. The maximum absolute atomic E-state index is 12.5. The molecule has 0 radical (unpaired) electrons. The molecule has 34 heavy (non-hydrogen) atoms. The molecule has 0 heterocycles. The van der Waals surface area contributed by atoms with Gasteiger partial charge in [0.15, 0.2) is 0 Å². The molecule has 0 amide bonds. The lowest BCUT2D eigenvalue weighted by molar-refractivity contribution is -0.142. The quantitative estimate of drug-likeness (QED) is 0.524. The lowest BCUT2D eigenvalue weighted by Crippen LogP contribution is -2.70. The van der Waals surface area contributed by atoms with Crippen molar-refractivity contribution >= 4 is 5.78 Å². The number of fused-ring (bicyclic) bond motifs is 5. The Balaban J connectivity index is 1.34. The largest absolute Gasteiger partial charge is 0.497 e. The fourth-order valence-electron chi connectivity index (χ4n) is 8.83. The number of hydrogen-bond donors (Lipinski definition) is 1. The van der Waals surface area contributed by atoms with Gasteiger partial charge in [0.2, 0.25) is 0 Å². The van der Waals surface area contributed by atoms with Crippen LogP contribution in [-0.4, -0.2) is 24.5 Å². The lowest BCUT2D eigenvalue weighted by Gasteiger charge is -2.67. The molecule has 4 aliphatic rings. The maximum atomic E-state index is 12.5. The van der Waals surface area contributed by atoms with Crippen molar-refractivity contribution in [2.75, 3.05) is 7.11 Å². The Bertz CT molecular complexity index is 985. The van der Waals surface area contributed by atoms with Crippen LogP contribution >= 0.6 is 0 Å². The summed E-state index contributed by atoms with van der Waals surface area (Å²) in [6, 6.07) is 8.16. The van der Waals surface area contributed by atoms with E-state index in [0.717, 1.165) is 57.1 Å². The summed E-state index contributed by atoms with van der Waals surface area (Å²) < 4.78 is 11.7. The first-order chi connectivity index (χ1) is 16.1. The molecule has 1 aromatic carbocycles. The highest BCUT2D eigenvalue weighted by atomic mass is 16.5. The monoisotopic (exact) mass is 465 g/mol. The van der Waals surface area contributed by atoms with Crippen molar-refractivity contribution in [2.45, 2.75) is 97.3 Å². The first kappa shape index (κ1) is 24.1. The zero-order chi connectivity index (χ0) is 24.4. The molecule has 4 heteroatoms. The standard InChI is InChI=1S/C30H43NO3/c1-20(32)25-13-15-29(4)26-11-8-22-18-24(34-19-21-6-9-23(33-5)10-7-21)12-14-27(22,2)30(26,31)17-16-28(25,29)3/h6-10,24-26H,11-19,31H2,1-5H3/t24-,25+,26-,27-,28+,29-,30+/m0/s1. The molecule has 2 N–H and O–H groups in total. The molecule has 7 atom stereocenters. The number of hydrogen-bond acceptors (Lipinski definition) is 4. The average molecular weight is 466 g/mol. The minimum atomic E-state index is -0.196. The fraction of sp³-hybridized carbons (Fsp3) is 0.700. The Morgan fingerprint density at radius 1 is 1.03 bits per heavy atom. The molecule has 0 aliphatic heterocycles. The van der Waals surface area contributed by atoms with E-state index >= 15 is 0 Å². The number of nitrogens with two attached hydrogens (primary N) is 1. The molecule has 3 saturated carbocycles. The van der Waals surface area contributed by atoms with Crippen molar-refractivity contribution in [3.05, 3.63) is 41.5 Å². The molecule has 4 nitrogen and oxygen atoms in total. The van der Waals surface area contributed by atoms with Crippen LogP contribution < -0.4 is 10.5 Å². The number of ether oxygens (including phenoxy) is 2. The van der Waals surface area contributed by atoms with Gasteiger partial charge in [0, 0.05) is 16.9 Å². The molecular weight excluding hydrogens is 422 g/mol. The molecule has 0 spiro atoms. The van der Waals surface area contributed by atoms with E-state index in [2.05, 4.69) is 39.0 Å². The summed E-state index contributed by atoms with van der Waals surface area (Å²) >= 11 is 0. The van der Waals surface area contributed by atoms with Gasteiger partial charge in [-0.15, -0.1) is 0 Å². The third-order valence-corrected chi connectivity index (χ3v) is 11.4. The number of carbonyl (C=O) groups excluding carboxylic acids is 1. The third kappa shape index (κ3) is 3.27. The van der Waals surface area contributed by atoms with Crippen LogP contribution in [-0.2, 0) is 16.1 Å². The summed E-state index contributed by atoms with van der Waals surface area (Å²) in [4.78, 5) is 12.5. The molecule has 5 rings (SSSR count). The second-order valence-corrected chi connectivity index (χ2v) is 12.5. The van der Waals surface area contributed by atoms with Crippen molar-refractivity contribution in [1.29, 1.82) is 0 Å². The second-order valence-electron chi connectivity index (χ2n) is 12.5. The number of rotatable bonds is 5. The van der Waals surface area contributed by atoms with E-state index in [1.165, 1.54) is 11.1 Å². The average Bonchev–Trinajstić information content (AvgIpc) is 3.10. The van der Waals surface area contributed by atoms with Crippen LogP contribution in [0.3, 0.4) is 0 Å². The van der Waals surface area contributed by atoms with Crippen LogP contribution in [0.1, 0.15) is 84.6 Å². The Morgan fingerprint density at radius 3 is 2.44 bits per heavy atom. The van der Waals surface area contributed by atoms with Crippen LogP contribution in [0.5, 0.6) is 5.75 Å². The minimum absolute atomic E-state index is 0.0224. The fourth-order valence-corrected chi connectivity index (χ4v) is 8.83. The van der Waals surface area contributed by atoms with Crippen LogP contribution in [0.25, 0.3) is 0 Å². The van der Waals surface area contributed by atoms with E-state index in [0.29, 0.717) is 18.3 Å². The second kappa shape index (κ2) is 8.20. The Hall–Kier alpha value is -1.65. The van der Waals surface area contributed by atoms with Crippen LogP contribution in [0.2, 0.25) is 0 Å². The Kier molecular flexibility index (Phi) is 5.80. The SMILES string of the molecule is COc1ccc(CO[C@H]2CC[C@@]3(C)C(=CC[C@H]4[C@]5(C)CC[C@H](C(C)=O)[C@@]5(C)CC[C@@]43N)C2)cc1. The van der Waals surface area contributed by atoms with Gasteiger partial charge in [-0.3, -0.25) is 4.79 Å². The Labute approximate surface area is 205 Å². The molecular formula is C30H43NO3. The van der Waals surface area contributed by atoms with E-state index in [-0.39, 0.29) is 33.8 Å². The number of carbonyl (C=O) groups is 1. The summed E-state index contributed by atoms with van der Waals surface area (Å²) in [6.45, 7) is 9.75. The highest BCUT2D eigenvalue weighted by Crippen LogP contribution is 2.72. The lowest BCUT2D eigenvalue weighted by atomic mass is 9.39. The van der Waals surface area contributed by atoms with Crippen LogP contribution in [0.4, 0.5) is 0 Å². The third-order valence-electron chi connectivity index (χ3n) is 11.4. The van der Waals surface area contributed by atoms with E-state index in [1.54, 1.807) is 14.0 Å². The summed E-state index contributed by atoms with van der Waals surface area (Å²) in [5.74, 6) is 1.89. The summed E-state index contributed by atoms with van der Waals surface area (Å²) in [7, 11) is 1.69. The van der Waals surface area contributed by atoms with E-state index in [1.807, 2.05) is 12.1 Å². The minimum Gasteiger partial charge on any atom is -0.497 e. The molecule has 3 fully saturated rings. The predicted molar refractivity (Wildman–Crippen MR) is 135 cm³/mol. The van der Waals surface area contributed by atoms with E-state index < -0.39 is 0 Å². The first-order valence-corrected chi connectivity index (χ1v) is 13.3. The summed E-state index contributed by atoms with van der Waals surface area (Å²) in [5.41, 5.74) is 10.3. The normalized spacial score (nSPS) is 43.4. The zero-order valence-corrected chi connectivity index (χ0v) is 21.8. The molecule has 0 saturated heterocycles. The number of allylic oxidation sites excluding steroid dienone is 1. The van der Waals surface area contributed by atoms with Gasteiger partial charge in [0.1, 0.15) is 11.5 Å². The van der Waals surface area contributed by atoms with Gasteiger partial charge in [0.25, 0.3) is 0 Å². The van der Waals surface area contributed by atoms with Gasteiger partial charge < -0.3 is 15.2 Å². The van der Waals surface area contributed by atoms with Gasteiger partial charge in [-0.25, -0.2) is 0 Å². The van der Waals surface area contributed by atoms with Crippen molar-refractivity contribution in [1.82, 2.24) is 0 Å². The number of Topliss-reactive ketones (excluding diaryl/α,β-unsaturated/α-hetero) is 1. The number of ketones is 1. The van der Waals surface area contributed by atoms with E-state index in [4.69, 9.17) is 15.2 Å². The number of benzene rings is 1. The van der Waals surface area contributed by atoms with Gasteiger partial charge in [-0.2, -0.15) is 0 Å². The highest BCUT2D eigenvalue weighted by molar-refractivity contribution is 5.79. The molecule has 0 bridgehead atoms. The van der Waals surface area contributed by atoms with Crippen molar-refractivity contribution in [2.24, 2.45) is 33.8 Å². The van der Waals surface area contributed by atoms with Gasteiger partial charge >= 0.3 is 0 Å².